The number of aromatic nitrogens is 2. The van der Waals surface area contributed by atoms with E-state index in [4.69, 9.17) is 39.9 Å². The van der Waals surface area contributed by atoms with Crippen LogP contribution in [-0.2, 0) is 35.9 Å². The van der Waals surface area contributed by atoms with E-state index in [0.717, 1.165) is 39.8 Å². The van der Waals surface area contributed by atoms with Crippen molar-refractivity contribution in [3.05, 3.63) is 118 Å². The van der Waals surface area contributed by atoms with Gasteiger partial charge in [-0.05, 0) is 91.7 Å². The van der Waals surface area contributed by atoms with Gasteiger partial charge in [0.15, 0.2) is 5.58 Å². The van der Waals surface area contributed by atoms with Gasteiger partial charge in [0.25, 0.3) is 0 Å². The summed E-state index contributed by atoms with van der Waals surface area (Å²) in [7, 11) is 0. The standard InChI is InChI=1S/C47H45ClF4N4O8/c1-26-29(24-60-42-17-40(30(15-37(42)48)21-56-13-11-32(57)22-56)59-23-28-14-33(20-53-19-28)62-46(49)50)6-3-7-34(26)35-8-4-9-36(27(35)2)44-55-39-16-31(25-61-45(58)38-10-5-12-54-38)41(64-47(51)52)18-43(39)63-44/h3-4,6-9,14-20,32,38,46-47,54,57H,5,10-13,21-25H2,1-2H3/t32?,38-/m0/s1. The molecule has 4 heterocycles. The van der Waals surface area contributed by atoms with Gasteiger partial charge in [-0.15, -0.1) is 0 Å². The lowest BCUT2D eigenvalue weighted by Gasteiger charge is -2.20. The Kier molecular flexibility index (Phi) is 13.8. The summed E-state index contributed by atoms with van der Waals surface area (Å²) in [4.78, 5) is 23.4. The lowest BCUT2D eigenvalue weighted by molar-refractivity contribution is -0.147. The van der Waals surface area contributed by atoms with Crippen LogP contribution in [0.2, 0.25) is 5.02 Å². The Bertz CT molecular complexity index is 2620. The SMILES string of the molecule is Cc1c(COc2cc(OCc3cncc(OC(F)F)c3)c(CN3CCC(O)C3)cc2Cl)cccc1-c1cccc(-c2nc3cc(COC(=O)[C@@H]4CCCN4)c(OC(F)F)cc3o2)c1C. The molecular weight excluding hydrogens is 860 g/mol. The number of aliphatic hydroxyl groups excluding tert-OH is 1. The molecule has 12 nitrogen and oxygen atoms in total. The maximum Gasteiger partial charge on any atom is 0.387 e. The van der Waals surface area contributed by atoms with Gasteiger partial charge in [-0.25, -0.2) is 4.98 Å². The highest BCUT2D eigenvalue weighted by Crippen LogP contribution is 2.39. The van der Waals surface area contributed by atoms with Gasteiger partial charge in [0.1, 0.15) is 54.4 Å². The first-order valence-corrected chi connectivity index (χ1v) is 21.1. The summed E-state index contributed by atoms with van der Waals surface area (Å²) in [5.74, 6) is 0.366. The van der Waals surface area contributed by atoms with Crippen molar-refractivity contribution >= 4 is 28.7 Å². The number of fused-ring (bicyclic) bond motifs is 1. The first kappa shape index (κ1) is 44.7. The van der Waals surface area contributed by atoms with E-state index in [1.54, 1.807) is 12.1 Å². The van der Waals surface area contributed by atoms with Crippen molar-refractivity contribution in [2.24, 2.45) is 0 Å². The maximum atomic E-state index is 13.5. The van der Waals surface area contributed by atoms with E-state index < -0.39 is 31.3 Å². The number of halogens is 5. The number of aliphatic hydroxyl groups is 1. The lowest BCUT2D eigenvalue weighted by atomic mass is 9.91. The third-order valence-corrected chi connectivity index (χ3v) is 11.6. The van der Waals surface area contributed by atoms with Crippen LogP contribution < -0.4 is 24.3 Å². The minimum atomic E-state index is -3.11. The van der Waals surface area contributed by atoms with E-state index in [0.29, 0.717) is 72.2 Å². The Balaban J connectivity index is 1.02. The highest BCUT2D eigenvalue weighted by atomic mass is 35.5. The first-order chi connectivity index (χ1) is 30.9. The van der Waals surface area contributed by atoms with Crippen LogP contribution in [0.1, 0.15) is 52.6 Å². The van der Waals surface area contributed by atoms with E-state index in [1.807, 2.05) is 50.2 Å². The zero-order chi connectivity index (χ0) is 44.9. The molecule has 17 heteroatoms. The minimum absolute atomic E-state index is 0.00197. The van der Waals surface area contributed by atoms with Crippen molar-refractivity contribution in [2.45, 2.75) is 84.8 Å². The number of rotatable bonds is 17. The summed E-state index contributed by atoms with van der Waals surface area (Å²) < 4.78 is 86.2. The Morgan fingerprint density at radius 1 is 0.859 bits per heavy atom. The number of carbonyl (C=O) groups is 1. The second-order valence-electron chi connectivity index (χ2n) is 15.7. The molecule has 1 unspecified atom stereocenters. The van der Waals surface area contributed by atoms with Gasteiger partial charge in [0, 0.05) is 60.2 Å². The van der Waals surface area contributed by atoms with E-state index in [-0.39, 0.29) is 48.4 Å². The Morgan fingerprint density at radius 2 is 1.62 bits per heavy atom. The summed E-state index contributed by atoms with van der Waals surface area (Å²) in [6, 6.07) is 18.9. The lowest BCUT2D eigenvalue weighted by Crippen LogP contribution is -2.32. The zero-order valence-corrected chi connectivity index (χ0v) is 35.7. The number of esters is 1. The van der Waals surface area contributed by atoms with Gasteiger partial charge in [0.05, 0.1) is 17.3 Å². The number of ether oxygens (including phenoxy) is 5. The quantitative estimate of drug-likeness (QED) is 0.0666. The summed E-state index contributed by atoms with van der Waals surface area (Å²) in [5, 5.41) is 13.6. The normalized spacial score (nSPS) is 16.5. The van der Waals surface area contributed by atoms with Crippen LogP contribution in [0.3, 0.4) is 0 Å². The molecule has 0 bridgehead atoms. The summed E-state index contributed by atoms with van der Waals surface area (Å²) in [5.41, 5.74) is 7.27. The average Bonchev–Trinajstić information content (AvgIpc) is 4.04. The van der Waals surface area contributed by atoms with Crippen molar-refractivity contribution in [1.29, 1.82) is 0 Å². The van der Waals surface area contributed by atoms with Crippen LogP contribution in [-0.4, -0.2) is 70.9 Å². The topological polar surface area (TPSA) is 138 Å². The molecule has 0 radical (unpaired) electrons. The Hall–Kier alpha value is -5.94. The Labute approximate surface area is 371 Å². The number of pyridine rings is 1. The molecule has 2 N–H and O–H groups in total. The van der Waals surface area contributed by atoms with Crippen molar-refractivity contribution in [3.8, 4) is 45.6 Å². The van der Waals surface area contributed by atoms with E-state index in [2.05, 4.69) is 19.9 Å². The van der Waals surface area contributed by atoms with E-state index >= 15 is 0 Å². The van der Waals surface area contributed by atoms with Gasteiger partial charge in [-0.1, -0.05) is 41.9 Å². The average molecular weight is 905 g/mol. The predicted octanol–water partition coefficient (Wildman–Crippen LogP) is 9.55. The van der Waals surface area contributed by atoms with E-state index in [9.17, 15) is 27.5 Å². The summed E-state index contributed by atoms with van der Waals surface area (Å²) >= 11 is 6.83. The second kappa shape index (κ2) is 19.8. The van der Waals surface area contributed by atoms with Crippen LogP contribution in [0.5, 0.6) is 23.0 Å². The van der Waals surface area contributed by atoms with Crippen LogP contribution >= 0.6 is 11.6 Å². The second-order valence-corrected chi connectivity index (χ2v) is 16.1. The molecule has 2 aliphatic heterocycles. The van der Waals surface area contributed by atoms with Crippen LogP contribution in [0.25, 0.3) is 33.7 Å². The van der Waals surface area contributed by atoms with Crippen LogP contribution in [0.15, 0.2) is 83.5 Å². The Morgan fingerprint density at radius 3 is 2.38 bits per heavy atom. The third-order valence-electron chi connectivity index (χ3n) is 11.3. The molecule has 0 aliphatic carbocycles. The summed E-state index contributed by atoms with van der Waals surface area (Å²) in [6.07, 6.45) is 4.40. The molecule has 4 aromatic carbocycles. The largest absolute Gasteiger partial charge is 0.488 e. The summed E-state index contributed by atoms with van der Waals surface area (Å²) in [6.45, 7) is 0.0394. The van der Waals surface area contributed by atoms with Crippen LogP contribution in [0.4, 0.5) is 17.6 Å². The van der Waals surface area contributed by atoms with Crippen molar-refractivity contribution in [3.63, 3.8) is 0 Å². The fourth-order valence-corrected chi connectivity index (χ4v) is 8.27. The molecule has 2 fully saturated rings. The number of β-amino-alcohol motifs (C(OH)–C–C–N with tert-alkyl or cyclic N) is 1. The van der Waals surface area contributed by atoms with Crippen LogP contribution in [0, 0.1) is 13.8 Å². The van der Waals surface area contributed by atoms with Crippen molar-refractivity contribution < 1.29 is 55.6 Å². The number of nitrogens with one attached hydrogen (secondary N) is 1. The predicted molar refractivity (Wildman–Crippen MR) is 229 cm³/mol. The number of hydrogen-bond donors (Lipinski definition) is 2. The molecular formula is C47H45ClF4N4O8. The first-order valence-electron chi connectivity index (χ1n) is 20.7. The fourth-order valence-electron chi connectivity index (χ4n) is 8.03. The molecule has 2 atom stereocenters. The minimum Gasteiger partial charge on any atom is -0.488 e. The monoisotopic (exact) mass is 904 g/mol. The van der Waals surface area contributed by atoms with E-state index in [1.165, 1.54) is 30.6 Å². The number of nitrogens with zero attached hydrogens (tertiary/aromatic N) is 3. The molecule has 0 amide bonds. The molecule has 0 spiro atoms. The molecule has 2 saturated heterocycles. The van der Waals surface area contributed by atoms with Gasteiger partial charge >= 0.3 is 19.2 Å². The number of benzene rings is 4. The highest BCUT2D eigenvalue weighted by molar-refractivity contribution is 6.32. The molecule has 336 valence electrons. The number of oxazole rings is 1. The van der Waals surface area contributed by atoms with Gasteiger partial charge in [-0.3, -0.25) is 14.7 Å². The smallest absolute Gasteiger partial charge is 0.387 e. The number of hydrogen-bond acceptors (Lipinski definition) is 12. The van der Waals surface area contributed by atoms with Crippen molar-refractivity contribution in [1.82, 2.24) is 20.2 Å². The molecule has 2 aliphatic rings. The van der Waals surface area contributed by atoms with Gasteiger partial charge < -0.3 is 38.5 Å². The zero-order valence-electron chi connectivity index (χ0n) is 34.9. The number of alkyl halides is 4. The number of likely N-dealkylation sites (tertiary alicyclic amines) is 1. The van der Waals surface area contributed by atoms with Crippen molar-refractivity contribution in [2.75, 3.05) is 19.6 Å². The van der Waals surface area contributed by atoms with Gasteiger partial charge in [0.2, 0.25) is 5.89 Å². The molecule has 8 rings (SSSR count). The number of carbonyl (C=O) groups excluding carboxylic acids is 1. The highest BCUT2D eigenvalue weighted by Gasteiger charge is 2.26. The third kappa shape index (κ3) is 10.5. The molecule has 2 aromatic heterocycles. The van der Waals surface area contributed by atoms with Gasteiger partial charge in [-0.2, -0.15) is 17.6 Å². The molecule has 6 aromatic rings. The molecule has 64 heavy (non-hydrogen) atoms. The fraction of sp³-hybridized carbons (Fsp3) is 0.340. The maximum absolute atomic E-state index is 13.5. The molecule has 0 saturated carbocycles.